The van der Waals surface area contributed by atoms with Crippen molar-refractivity contribution in [2.45, 2.75) is 13.8 Å². The number of carbonyl (C=O) groups excluding carboxylic acids is 2. The molecule has 3 amide bonds. The van der Waals surface area contributed by atoms with Gasteiger partial charge in [-0.1, -0.05) is 41.4 Å². The second kappa shape index (κ2) is 11.3. The van der Waals surface area contributed by atoms with Crippen LogP contribution in [-0.2, 0) is 0 Å². The molecule has 0 spiro atoms. The number of amides is 3. The van der Waals surface area contributed by atoms with Gasteiger partial charge in [0.15, 0.2) is 0 Å². The van der Waals surface area contributed by atoms with Gasteiger partial charge in [0.25, 0.3) is 5.91 Å². The first-order valence-electron chi connectivity index (χ1n) is 12.9. The van der Waals surface area contributed by atoms with Crippen molar-refractivity contribution in [3.63, 3.8) is 0 Å². The van der Waals surface area contributed by atoms with E-state index in [9.17, 15) is 9.59 Å². The Morgan fingerprint density at radius 2 is 1.49 bits per heavy atom. The number of anilines is 1. The zero-order chi connectivity index (χ0) is 27.5. The average molecular weight is 543 g/mol. The molecule has 8 heteroatoms. The lowest BCUT2D eigenvalue weighted by molar-refractivity contribution is 0.0671. The summed E-state index contributed by atoms with van der Waals surface area (Å²) in [7, 11) is 1.63. The summed E-state index contributed by atoms with van der Waals surface area (Å²) in [5, 5.41) is 3.54. The van der Waals surface area contributed by atoms with Crippen LogP contribution in [0.25, 0.3) is 16.9 Å². The maximum atomic E-state index is 13.8. The summed E-state index contributed by atoms with van der Waals surface area (Å²) in [6, 6.07) is 24.8. The fourth-order valence-electron chi connectivity index (χ4n) is 4.86. The summed E-state index contributed by atoms with van der Waals surface area (Å²) in [6.07, 6.45) is 0. The smallest absolute Gasteiger partial charge is 0.321 e. The SMILES string of the molecule is COc1ccc(-c2cc(C(=O)N3CCN(C(=O)Nc4ccc(C)cc4)CC3)c(C)n2-c2ccccc2Cl)cc1. The van der Waals surface area contributed by atoms with E-state index >= 15 is 0 Å². The van der Waals surface area contributed by atoms with E-state index in [-0.39, 0.29) is 11.9 Å². The largest absolute Gasteiger partial charge is 0.497 e. The molecular weight excluding hydrogens is 512 g/mol. The summed E-state index contributed by atoms with van der Waals surface area (Å²) in [4.78, 5) is 30.1. The highest BCUT2D eigenvalue weighted by molar-refractivity contribution is 6.32. The van der Waals surface area contributed by atoms with E-state index in [2.05, 4.69) is 5.32 Å². The van der Waals surface area contributed by atoms with Gasteiger partial charge < -0.3 is 24.4 Å². The number of aryl methyl sites for hydroxylation is 1. The Kier molecular flexibility index (Phi) is 7.61. The lowest BCUT2D eigenvalue weighted by Crippen LogP contribution is -2.51. The van der Waals surface area contributed by atoms with Gasteiger partial charge in [-0.3, -0.25) is 4.79 Å². The Morgan fingerprint density at radius 1 is 0.846 bits per heavy atom. The summed E-state index contributed by atoms with van der Waals surface area (Å²) < 4.78 is 7.36. The first kappa shape index (κ1) is 26.4. The highest BCUT2D eigenvalue weighted by Gasteiger charge is 2.28. The van der Waals surface area contributed by atoms with Crippen LogP contribution in [0.3, 0.4) is 0 Å². The number of ether oxygens (including phenoxy) is 1. The number of piperazine rings is 1. The lowest BCUT2D eigenvalue weighted by atomic mass is 10.1. The second-order valence-corrected chi connectivity index (χ2v) is 10.0. The molecule has 1 aliphatic heterocycles. The number of nitrogens with zero attached hydrogens (tertiary/aromatic N) is 3. The maximum absolute atomic E-state index is 13.8. The van der Waals surface area contributed by atoms with Crippen molar-refractivity contribution in [2.75, 3.05) is 38.6 Å². The van der Waals surface area contributed by atoms with Crippen LogP contribution in [0.2, 0.25) is 5.02 Å². The summed E-state index contributed by atoms with van der Waals surface area (Å²) in [5.74, 6) is 0.693. The molecule has 1 aliphatic rings. The number of methoxy groups -OCH3 is 1. The number of halogens is 1. The van der Waals surface area contributed by atoms with Crippen LogP contribution < -0.4 is 10.1 Å². The van der Waals surface area contributed by atoms with Crippen molar-refractivity contribution < 1.29 is 14.3 Å². The summed E-state index contributed by atoms with van der Waals surface area (Å²) >= 11 is 6.61. The molecule has 0 atom stereocenters. The molecular formula is C31H31ClN4O3. The minimum absolute atomic E-state index is 0.0633. The van der Waals surface area contributed by atoms with Gasteiger partial charge in [0, 0.05) is 37.6 Å². The van der Waals surface area contributed by atoms with Crippen LogP contribution in [0.15, 0.2) is 78.9 Å². The van der Waals surface area contributed by atoms with Crippen LogP contribution >= 0.6 is 11.6 Å². The molecule has 7 nitrogen and oxygen atoms in total. The number of benzene rings is 3. The number of hydrogen-bond donors (Lipinski definition) is 1. The summed E-state index contributed by atoms with van der Waals surface area (Å²) in [5.41, 5.74) is 5.91. The predicted octanol–water partition coefficient (Wildman–Crippen LogP) is 6.41. The van der Waals surface area contributed by atoms with Gasteiger partial charge >= 0.3 is 6.03 Å². The van der Waals surface area contributed by atoms with Crippen LogP contribution in [-0.4, -0.2) is 59.6 Å². The third-order valence-corrected chi connectivity index (χ3v) is 7.43. The van der Waals surface area contributed by atoms with Crippen molar-refractivity contribution in [3.8, 4) is 22.7 Å². The zero-order valence-electron chi connectivity index (χ0n) is 22.3. The van der Waals surface area contributed by atoms with Crippen molar-refractivity contribution in [2.24, 2.45) is 0 Å². The number of carbonyl (C=O) groups is 2. The molecule has 0 bridgehead atoms. The monoisotopic (exact) mass is 542 g/mol. The van der Waals surface area contributed by atoms with Crippen LogP contribution in [0, 0.1) is 13.8 Å². The number of hydrogen-bond acceptors (Lipinski definition) is 3. The molecule has 1 aromatic heterocycles. The number of nitrogens with one attached hydrogen (secondary N) is 1. The van der Waals surface area contributed by atoms with Crippen molar-refractivity contribution >= 4 is 29.2 Å². The van der Waals surface area contributed by atoms with Crippen LogP contribution in [0.1, 0.15) is 21.6 Å². The number of rotatable bonds is 5. The molecule has 1 N–H and O–H groups in total. The highest BCUT2D eigenvalue weighted by Crippen LogP contribution is 2.34. The van der Waals surface area contributed by atoms with E-state index in [0.29, 0.717) is 36.8 Å². The Bertz CT molecular complexity index is 1490. The fourth-order valence-corrected chi connectivity index (χ4v) is 5.08. The third-order valence-electron chi connectivity index (χ3n) is 7.11. The Hall–Kier alpha value is -4.23. The van der Waals surface area contributed by atoms with Crippen molar-refractivity contribution in [3.05, 3.63) is 101 Å². The topological polar surface area (TPSA) is 66.8 Å². The molecule has 0 aliphatic carbocycles. The van der Waals surface area contributed by atoms with Gasteiger partial charge in [-0.05, 0) is 74.0 Å². The van der Waals surface area contributed by atoms with E-state index < -0.39 is 0 Å². The molecule has 4 aromatic rings. The Labute approximate surface area is 233 Å². The molecule has 2 heterocycles. The molecule has 1 fully saturated rings. The van der Waals surface area contributed by atoms with Crippen LogP contribution in [0.5, 0.6) is 5.75 Å². The molecule has 1 saturated heterocycles. The van der Waals surface area contributed by atoms with Gasteiger partial charge in [-0.15, -0.1) is 0 Å². The van der Waals surface area contributed by atoms with Gasteiger partial charge in [0.2, 0.25) is 0 Å². The van der Waals surface area contributed by atoms with Crippen LogP contribution in [0.4, 0.5) is 10.5 Å². The first-order chi connectivity index (χ1) is 18.9. The van der Waals surface area contributed by atoms with Crippen molar-refractivity contribution in [1.82, 2.24) is 14.4 Å². The van der Waals surface area contributed by atoms with E-state index in [0.717, 1.165) is 39.6 Å². The quantitative estimate of drug-likeness (QED) is 0.317. The number of para-hydroxylation sites is 1. The van der Waals surface area contributed by atoms with Gasteiger partial charge in [-0.25, -0.2) is 4.79 Å². The number of aromatic nitrogens is 1. The molecule has 39 heavy (non-hydrogen) atoms. The maximum Gasteiger partial charge on any atom is 0.321 e. The minimum atomic E-state index is -0.159. The Morgan fingerprint density at radius 3 is 2.13 bits per heavy atom. The predicted molar refractivity (Wildman–Crippen MR) is 155 cm³/mol. The Balaban J connectivity index is 1.38. The molecule has 0 radical (unpaired) electrons. The average Bonchev–Trinajstić information content (AvgIpc) is 3.30. The number of urea groups is 1. The van der Waals surface area contributed by atoms with Crippen molar-refractivity contribution in [1.29, 1.82) is 0 Å². The minimum Gasteiger partial charge on any atom is -0.497 e. The molecule has 3 aromatic carbocycles. The molecule has 200 valence electrons. The summed E-state index contributed by atoms with van der Waals surface area (Å²) in [6.45, 7) is 5.77. The van der Waals surface area contributed by atoms with E-state index in [4.69, 9.17) is 16.3 Å². The van der Waals surface area contributed by atoms with E-state index in [1.165, 1.54) is 0 Å². The zero-order valence-corrected chi connectivity index (χ0v) is 23.0. The highest BCUT2D eigenvalue weighted by atomic mass is 35.5. The molecule has 0 saturated carbocycles. The third kappa shape index (κ3) is 5.49. The lowest BCUT2D eigenvalue weighted by Gasteiger charge is -2.34. The standard InChI is InChI=1S/C31H31ClN4O3/c1-21-8-12-24(13-9-21)33-31(38)35-18-16-34(17-19-35)30(37)26-20-29(23-10-14-25(39-3)15-11-23)36(22(26)2)28-7-5-4-6-27(28)32/h4-15,20H,16-19H2,1-3H3,(H,33,38). The van der Waals surface area contributed by atoms with E-state index in [1.807, 2.05) is 102 Å². The van der Waals surface area contributed by atoms with E-state index in [1.54, 1.807) is 12.0 Å². The fraction of sp³-hybridized carbons (Fsp3) is 0.226. The second-order valence-electron chi connectivity index (χ2n) is 9.62. The van der Waals surface area contributed by atoms with Gasteiger partial charge in [-0.2, -0.15) is 0 Å². The van der Waals surface area contributed by atoms with Gasteiger partial charge in [0.1, 0.15) is 5.75 Å². The normalized spacial score (nSPS) is 13.3. The first-order valence-corrected chi connectivity index (χ1v) is 13.3. The molecule has 5 rings (SSSR count). The molecule has 0 unspecified atom stereocenters. The van der Waals surface area contributed by atoms with Gasteiger partial charge in [0.05, 0.1) is 29.1 Å².